The molecule has 7 heteroatoms. The summed E-state index contributed by atoms with van der Waals surface area (Å²) in [5.41, 5.74) is 8.17. The first-order chi connectivity index (χ1) is 13.0. The van der Waals surface area contributed by atoms with E-state index in [1.807, 2.05) is 54.0 Å². The number of primary amides is 1. The molecule has 6 nitrogen and oxygen atoms in total. The van der Waals surface area contributed by atoms with Crippen molar-refractivity contribution in [2.24, 2.45) is 5.73 Å². The van der Waals surface area contributed by atoms with Gasteiger partial charge in [0.2, 0.25) is 0 Å². The number of nitrogens with two attached hydrogens (primary N) is 2. The third-order valence-corrected chi connectivity index (χ3v) is 5.01. The zero-order valence-electron chi connectivity index (χ0n) is 14.9. The van der Waals surface area contributed by atoms with Gasteiger partial charge >= 0.3 is 6.03 Å². The Morgan fingerprint density at radius 1 is 1.15 bits per heavy atom. The van der Waals surface area contributed by atoms with E-state index in [1.54, 1.807) is 6.92 Å². The van der Waals surface area contributed by atoms with E-state index in [1.165, 1.54) is 0 Å². The van der Waals surface area contributed by atoms with Crippen molar-refractivity contribution in [3.05, 3.63) is 70.9 Å². The highest BCUT2D eigenvalue weighted by Crippen LogP contribution is 2.33. The first-order valence-corrected chi connectivity index (χ1v) is 9.09. The average molecular weight is 386 g/mol. The highest BCUT2D eigenvalue weighted by Gasteiger charge is 2.25. The zero-order valence-corrected chi connectivity index (χ0v) is 15.7. The van der Waals surface area contributed by atoms with Gasteiger partial charge in [-0.25, -0.2) is 4.79 Å². The van der Waals surface area contributed by atoms with Gasteiger partial charge in [-0.1, -0.05) is 48.0 Å². The number of H-pyrrole nitrogens is 1. The number of hydrogen-bond acceptors (Lipinski definition) is 2. The number of imide groups is 1. The van der Waals surface area contributed by atoms with Crippen LogP contribution in [0.15, 0.2) is 54.7 Å². The van der Waals surface area contributed by atoms with E-state index in [9.17, 15) is 9.59 Å². The molecule has 140 valence electrons. The summed E-state index contributed by atoms with van der Waals surface area (Å²) in [7, 11) is 0. The normalized spacial score (nSPS) is 13.3. The highest BCUT2D eigenvalue weighted by atomic mass is 35.5. The Morgan fingerprint density at radius 3 is 2.59 bits per heavy atom. The molecule has 0 spiro atoms. The first-order valence-electron chi connectivity index (χ1n) is 8.71. The van der Waals surface area contributed by atoms with Crippen molar-refractivity contribution < 1.29 is 14.9 Å². The van der Waals surface area contributed by atoms with E-state index in [4.69, 9.17) is 17.3 Å². The van der Waals surface area contributed by atoms with Gasteiger partial charge < -0.3 is 16.0 Å². The Balaban J connectivity index is 1.91. The van der Waals surface area contributed by atoms with Gasteiger partial charge in [0.25, 0.3) is 5.91 Å². The second-order valence-corrected chi connectivity index (χ2v) is 6.88. The molecule has 0 unspecified atom stereocenters. The van der Waals surface area contributed by atoms with Crippen LogP contribution in [0.1, 0.15) is 24.0 Å². The minimum Gasteiger partial charge on any atom is -0.361 e. The number of quaternary nitrogens is 1. The Hall–Kier alpha value is -2.83. The average Bonchev–Trinajstić information content (AvgIpc) is 3.06. The van der Waals surface area contributed by atoms with Crippen LogP contribution >= 0.6 is 11.6 Å². The minimum atomic E-state index is -0.848. The third kappa shape index (κ3) is 4.30. The lowest BCUT2D eigenvalue weighted by atomic mass is 9.90. The lowest BCUT2D eigenvalue weighted by molar-refractivity contribution is -0.674. The van der Waals surface area contributed by atoms with E-state index in [-0.39, 0.29) is 5.92 Å². The van der Waals surface area contributed by atoms with Crippen LogP contribution in [0.3, 0.4) is 0 Å². The molecular weight excluding hydrogens is 364 g/mol. The minimum absolute atomic E-state index is 0.0290. The molecule has 2 atom stereocenters. The van der Waals surface area contributed by atoms with Crippen LogP contribution in [-0.4, -0.2) is 29.5 Å². The van der Waals surface area contributed by atoms with Gasteiger partial charge in [-0.15, -0.1) is 0 Å². The molecule has 3 rings (SSSR count). The lowest BCUT2D eigenvalue weighted by Gasteiger charge is -2.19. The fourth-order valence-corrected chi connectivity index (χ4v) is 3.51. The number of amides is 3. The van der Waals surface area contributed by atoms with Crippen molar-refractivity contribution in [1.29, 1.82) is 0 Å². The summed E-state index contributed by atoms with van der Waals surface area (Å²) >= 11 is 6.47. The van der Waals surface area contributed by atoms with Crippen LogP contribution in [-0.2, 0) is 4.79 Å². The van der Waals surface area contributed by atoms with Gasteiger partial charge in [-0.05, 0) is 30.2 Å². The van der Waals surface area contributed by atoms with Gasteiger partial charge in [0.1, 0.15) is 0 Å². The second kappa shape index (κ2) is 8.24. The third-order valence-electron chi connectivity index (χ3n) is 4.66. The number of benzene rings is 2. The number of halogens is 1. The van der Waals surface area contributed by atoms with Crippen molar-refractivity contribution in [2.45, 2.75) is 18.9 Å². The number of urea groups is 1. The van der Waals surface area contributed by atoms with Crippen LogP contribution in [0.2, 0.25) is 5.02 Å². The van der Waals surface area contributed by atoms with Crippen LogP contribution in [0.4, 0.5) is 4.79 Å². The van der Waals surface area contributed by atoms with E-state index in [0.29, 0.717) is 11.6 Å². The van der Waals surface area contributed by atoms with Crippen molar-refractivity contribution in [1.82, 2.24) is 10.3 Å². The number of hydrogen-bond donors (Lipinski definition) is 4. The number of aromatic amines is 1. The van der Waals surface area contributed by atoms with Gasteiger partial charge in [-0.3, -0.25) is 10.1 Å². The van der Waals surface area contributed by atoms with Crippen LogP contribution in [0, 0.1) is 0 Å². The van der Waals surface area contributed by atoms with Gasteiger partial charge in [0.05, 0.1) is 12.5 Å². The van der Waals surface area contributed by atoms with Crippen molar-refractivity contribution in [3.8, 4) is 0 Å². The number of aromatic nitrogens is 1. The van der Waals surface area contributed by atoms with E-state index >= 15 is 0 Å². The highest BCUT2D eigenvalue weighted by molar-refractivity contribution is 6.31. The molecule has 0 saturated heterocycles. The Labute approximate surface area is 162 Å². The Kier molecular flexibility index (Phi) is 5.78. The quantitative estimate of drug-likeness (QED) is 0.521. The summed E-state index contributed by atoms with van der Waals surface area (Å²) in [5.74, 6) is -0.446. The molecule has 0 aliphatic rings. The monoisotopic (exact) mass is 385 g/mol. The predicted molar refractivity (Wildman–Crippen MR) is 106 cm³/mol. The molecule has 1 heterocycles. The number of para-hydroxylation sites is 1. The molecule has 0 bridgehead atoms. The predicted octanol–water partition coefficient (Wildman–Crippen LogP) is 2.10. The molecule has 0 aliphatic heterocycles. The first kappa shape index (κ1) is 18.9. The molecule has 3 amide bonds. The fraction of sp³-hybridized carbons (Fsp3) is 0.200. The van der Waals surface area contributed by atoms with Crippen LogP contribution < -0.4 is 16.4 Å². The molecule has 27 heavy (non-hydrogen) atoms. The van der Waals surface area contributed by atoms with Crippen LogP contribution in [0.5, 0.6) is 0 Å². The van der Waals surface area contributed by atoms with Crippen LogP contribution in [0.25, 0.3) is 10.9 Å². The molecule has 0 saturated carbocycles. The van der Waals surface area contributed by atoms with Crippen molar-refractivity contribution >= 4 is 34.4 Å². The lowest BCUT2D eigenvalue weighted by Crippen LogP contribution is -2.92. The molecular formula is C20H22ClN4O2+. The topological polar surface area (TPSA) is 105 Å². The maximum absolute atomic E-state index is 12.0. The maximum atomic E-state index is 12.0. The standard InChI is InChI=1S/C20H21ClN4O2/c1-12(19(26)25-20(22)27)23-10-15(13-6-2-4-8-17(13)21)16-11-24-18-9-5-3-7-14(16)18/h2-9,11-12,15,23-24H,10H2,1H3,(H3,22,25,26,27)/p+1/t12-,15+/m1/s1. The van der Waals surface area contributed by atoms with Gasteiger partial charge in [0, 0.05) is 22.1 Å². The smallest absolute Gasteiger partial charge is 0.319 e. The van der Waals surface area contributed by atoms with E-state index < -0.39 is 18.0 Å². The SMILES string of the molecule is C[C@@H]([NH2+]C[C@@H](c1ccccc1Cl)c1c[nH]c2ccccc12)C(=O)NC(N)=O. The Morgan fingerprint density at radius 2 is 1.85 bits per heavy atom. The largest absolute Gasteiger partial charge is 0.361 e. The Bertz CT molecular complexity index is 969. The summed E-state index contributed by atoms with van der Waals surface area (Å²) < 4.78 is 0. The van der Waals surface area contributed by atoms with Gasteiger partial charge in [-0.2, -0.15) is 0 Å². The molecule has 0 fully saturated rings. The molecule has 3 aromatic rings. The summed E-state index contributed by atoms with van der Waals surface area (Å²) in [4.78, 5) is 26.2. The zero-order chi connectivity index (χ0) is 19.4. The molecule has 0 aliphatic carbocycles. The van der Waals surface area contributed by atoms with E-state index in [2.05, 4.69) is 16.4 Å². The number of carbonyl (C=O) groups is 2. The fourth-order valence-electron chi connectivity index (χ4n) is 3.24. The molecule has 6 N–H and O–H groups in total. The number of nitrogens with one attached hydrogen (secondary N) is 2. The maximum Gasteiger partial charge on any atom is 0.319 e. The summed E-state index contributed by atoms with van der Waals surface area (Å²) in [6, 6.07) is 14.5. The summed E-state index contributed by atoms with van der Waals surface area (Å²) in [5, 5.41) is 5.79. The van der Waals surface area contributed by atoms with Gasteiger partial charge in [0.15, 0.2) is 6.04 Å². The summed E-state index contributed by atoms with van der Waals surface area (Å²) in [6.07, 6.45) is 1.99. The number of rotatable bonds is 6. The second-order valence-electron chi connectivity index (χ2n) is 6.48. The molecule has 0 radical (unpaired) electrons. The molecule has 1 aromatic heterocycles. The van der Waals surface area contributed by atoms with Crippen molar-refractivity contribution in [3.63, 3.8) is 0 Å². The summed E-state index contributed by atoms with van der Waals surface area (Å²) in [6.45, 7) is 2.32. The van der Waals surface area contributed by atoms with E-state index in [0.717, 1.165) is 22.0 Å². The number of carbonyl (C=O) groups excluding carboxylic acids is 2. The molecule has 2 aromatic carbocycles. The number of fused-ring (bicyclic) bond motifs is 1. The van der Waals surface area contributed by atoms with Crippen molar-refractivity contribution in [2.75, 3.05) is 6.54 Å².